The molecule has 0 N–H and O–H groups in total. The summed E-state index contributed by atoms with van der Waals surface area (Å²) in [6, 6.07) is 10.1. The van der Waals surface area contributed by atoms with Crippen molar-refractivity contribution in [1.82, 2.24) is 0 Å². The molecule has 1 aromatic rings. The summed E-state index contributed by atoms with van der Waals surface area (Å²) in [5, 5.41) is 0. The highest BCUT2D eigenvalue weighted by molar-refractivity contribution is 5.21. The fraction of sp³-hybridized carbons (Fsp3) is 0.500. The molecule has 1 radical (unpaired) electrons. The smallest absolute Gasteiger partial charge is 0.119 e. The molecule has 0 unspecified atom stereocenters. The summed E-state index contributed by atoms with van der Waals surface area (Å²) in [7, 11) is 0. The van der Waals surface area contributed by atoms with Crippen molar-refractivity contribution in [1.29, 1.82) is 0 Å². The van der Waals surface area contributed by atoms with E-state index < -0.39 is 0 Å². The second-order valence-corrected chi connectivity index (χ2v) is 4.36. The van der Waals surface area contributed by atoms with E-state index in [1.54, 1.807) is 0 Å². The van der Waals surface area contributed by atoms with Crippen LogP contribution in [0, 0.1) is 12.8 Å². The van der Waals surface area contributed by atoms with Crippen LogP contribution in [0.2, 0.25) is 0 Å². The lowest BCUT2D eigenvalue weighted by molar-refractivity contribution is 0.131. The van der Waals surface area contributed by atoms with Crippen molar-refractivity contribution < 1.29 is 4.74 Å². The van der Waals surface area contributed by atoms with E-state index in [0.29, 0.717) is 6.10 Å². The minimum absolute atomic E-state index is 0.426. The number of rotatable bonds is 3. The van der Waals surface area contributed by atoms with E-state index >= 15 is 0 Å². The Morgan fingerprint density at radius 1 is 1.07 bits per heavy atom. The van der Waals surface area contributed by atoms with Gasteiger partial charge in [-0.1, -0.05) is 31.5 Å². The highest BCUT2D eigenvalue weighted by atomic mass is 16.5. The van der Waals surface area contributed by atoms with Crippen LogP contribution in [0.25, 0.3) is 0 Å². The van der Waals surface area contributed by atoms with Crippen LogP contribution in [0.15, 0.2) is 30.3 Å². The molecule has 0 bridgehead atoms. The first-order valence-corrected chi connectivity index (χ1v) is 5.89. The minimum Gasteiger partial charge on any atom is -0.490 e. The van der Waals surface area contributed by atoms with E-state index in [1.165, 1.54) is 25.7 Å². The van der Waals surface area contributed by atoms with Gasteiger partial charge < -0.3 is 4.74 Å². The van der Waals surface area contributed by atoms with Gasteiger partial charge in [0, 0.05) is 0 Å². The molecule has 81 valence electrons. The lowest BCUT2D eigenvalue weighted by atomic mass is 9.86. The van der Waals surface area contributed by atoms with Crippen LogP contribution < -0.4 is 4.74 Å². The highest BCUT2D eigenvalue weighted by Gasteiger charge is 2.20. The van der Waals surface area contributed by atoms with E-state index in [1.807, 2.05) is 30.3 Å². The average Bonchev–Trinajstić information content (AvgIpc) is 2.31. The second-order valence-electron chi connectivity index (χ2n) is 4.36. The number of para-hydroxylation sites is 1. The Bertz CT molecular complexity index is 273. The summed E-state index contributed by atoms with van der Waals surface area (Å²) < 4.78 is 5.93. The van der Waals surface area contributed by atoms with Gasteiger partial charge in [0.2, 0.25) is 0 Å². The minimum atomic E-state index is 0.426. The lowest BCUT2D eigenvalue weighted by Crippen LogP contribution is -2.23. The van der Waals surface area contributed by atoms with Gasteiger partial charge in [-0.25, -0.2) is 0 Å². The molecule has 1 saturated carbocycles. The van der Waals surface area contributed by atoms with Crippen LogP contribution in [-0.2, 0) is 0 Å². The Morgan fingerprint density at radius 2 is 1.73 bits per heavy atom. The van der Waals surface area contributed by atoms with Crippen molar-refractivity contribution in [3.8, 4) is 5.75 Å². The van der Waals surface area contributed by atoms with Gasteiger partial charge in [0.05, 0.1) is 6.10 Å². The first-order chi connectivity index (χ1) is 7.38. The molecule has 0 saturated heterocycles. The van der Waals surface area contributed by atoms with Crippen LogP contribution in [0.3, 0.4) is 0 Å². The standard InChI is InChI=1S/C14H19O/c1-2-12-8-10-14(11-9-12)15-13-6-4-3-5-7-13/h3-7,12,14H,1-2,8-11H2. The topological polar surface area (TPSA) is 9.23 Å². The van der Waals surface area contributed by atoms with Gasteiger partial charge in [0.15, 0.2) is 0 Å². The van der Waals surface area contributed by atoms with Crippen molar-refractivity contribution in [2.45, 2.75) is 38.2 Å². The number of benzene rings is 1. The zero-order valence-corrected chi connectivity index (χ0v) is 9.19. The van der Waals surface area contributed by atoms with Gasteiger partial charge >= 0.3 is 0 Å². The molecule has 1 aromatic carbocycles. The molecular formula is C14H19O. The molecule has 0 amide bonds. The molecule has 0 aromatic heterocycles. The fourth-order valence-corrected chi connectivity index (χ4v) is 2.23. The summed E-state index contributed by atoms with van der Waals surface area (Å²) >= 11 is 0. The average molecular weight is 203 g/mol. The van der Waals surface area contributed by atoms with Crippen molar-refractivity contribution in [2.24, 2.45) is 5.92 Å². The summed E-state index contributed by atoms with van der Waals surface area (Å²) in [5.41, 5.74) is 0. The number of hydrogen-bond donors (Lipinski definition) is 0. The maximum Gasteiger partial charge on any atom is 0.119 e. The molecule has 1 aliphatic rings. The molecule has 0 spiro atoms. The van der Waals surface area contributed by atoms with E-state index in [-0.39, 0.29) is 0 Å². The molecule has 15 heavy (non-hydrogen) atoms. The molecular weight excluding hydrogens is 184 g/mol. The Kier molecular flexibility index (Phi) is 3.65. The quantitative estimate of drug-likeness (QED) is 0.725. The summed E-state index contributed by atoms with van der Waals surface area (Å²) in [6.07, 6.45) is 6.44. The molecule has 1 aliphatic carbocycles. The maximum atomic E-state index is 5.93. The Labute approximate surface area is 92.5 Å². The molecule has 0 aliphatic heterocycles. The third-order valence-corrected chi connectivity index (χ3v) is 3.25. The van der Waals surface area contributed by atoms with E-state index in [4.69, 9.17) is 4.74 Å². The van der Waals surface area contributed by atoms with Crippen LogP contribution in [0.1, 0.15) is 32.1 Å². The van der Waals surface area contributed by atoms with Gasteiger partial charge in [-0.15, -0.1) is 0 Å². The SMILES string of the molecule is [CH2]CC1CCC(Oc2ccccc2)CC1. The van der Waals surface area contributed by atoms with E-state index in [0.717, 1.165) is 18.1 Å². The number of ether oxygens (including phenoxy) is 1. The van der Waals surface area contributed by atoms with Gasteiger partial charge in [-0.05, 0) is 43.7 Å². The monoisotopic (exact) mass is 203 g/mol. The number of hydrogen-bond acceptors (Lipinski definition) is 1. The normalized spacial score (nSPS) is 26.2. The molecule has 2 rings (SSSR count). The van der Waals surface area contributed by atoms with Crippen molar-refractivity contribution in [3.05, 3.63) is 37.3 Å². The fourth-order valence-electron chi connectivity index (χ4n) is 2.23. The molecule has 0 heterocycles. The third-order valence-electron chi connectivity index (χ3n) is 3.25. The highest BCUT2D eigenvalue weighted by Crippen LogP contribution is 2.28. The summed E-state index contributed by atoms with van der Waals surface area (Å²) in [6.45, 7) is 3.98. The molecule has 1 heteroatoms. The molecule has 1 fully saturated rings. The van der Waals surface area contributed by atoms with Gasteiger partial charge in [-0.3, -0.25) is 0 Å². The zero-order chi connectivity index (χ0) is 10.5. The van der Waals surface area contributed by atoms with E-state index in [2.05, 4.69) is 6.92 Å². The Balaban J connectivity index is 1.82. The second kappa shape index (κ2) is 5.20. The van der Waals surface area contributed by atoms with E-state index in [9.17, 15) is 0 Å². The summed E-state index contributed by atoms with van der Waals surface area (Å²) in [5.74, 6) is 1.84. The lowest BCUT2D eigenvalue weighted by Gasteiger charge is -2.28. The maximum absolute atomic E-state index is 5.93. The summed E-state index contributed by atoms with van der Waals surface area (Å²) in [4.78, 5) is 0. The van der Waals surface area contributed by atoms with Crippen LogP contribution >= 0.6 is 0 Å². The van der Waals surface area contributed by atoms with Crippen molar-refractivity contribution in [3.63, 3.8) is 0 Å². The van der Waals surface area contributed by atoms with Gasteiger partial charge in [0.25, 0.3) is 0 Å². The zero-order valence-electron chi connectivity index (χ0n) is 9.19. The predicted molar refractivity (Wildman–Crippen MR) is 62.8 cm³/mol. The third kappa shape index (κ3) is 2.98. The van der Waals surface area contributed by atoms with Crippen molar-refractivity contribution in [2.75, 3.05) is 0 Å². The van der Waals surface area contributed by atoms with Crippen molar-refractivity contribution >= 4 is 0 Å². The first-order valence-electron chi connectivity index (χ1n) is 5.89. The molecule has 0 atom stereocenters. The Morgan fingerprint density at radius 3 is 2.33 bits per heavy atom. The predicted octanol–water partition coefficient (Wildman–Crippen LogP) is 3.85. The van der Waals surface area contributed by atoms with Gasteiger partial charge in [-0.2, -0.15) is 0 Å². The van der Waals surface area contributed by atoms with Gasteiger partial charge in [0.1, 0.15) is 5.75 Å². The Hall–Kier alpha value is -0.980. The molecule has 1 nitrogen and oxygen atoms in total. The van der Waals surface area contributed by atoms with Crippen LogP contribution in [0.4, 0.5) is 0 Å². The van der Waals surface area contributed by atoms with Crippen LogP contribution in [-0.4, -0.2) is 6.10 Å². The largest absolute Gasteiger partial charge is 0.490 e. The first kappa shape index (κ1) is 10.5. The van der Waals surface area contributed by atoms with Crippen LogP contribution in [0.5, 0.6) is 5.75 Å².